The molecule has 0 aromatic carbocycles. The highest BCUT2D eigenvalue weighted by atomic mass is 35.5. The van der Waals surface area contributed by atoms with Gasteiger partial charge in [-0.25, -0.2) is 0 Å². The Bertz CT molecular complexity index is 408. The number of aromatic nitrogens is 2. The van der Waals surface area contributed by atoms with Crippen LogP contribution < -0.4 is 5.32 Å². The first-order chi connectivity index (χ1) is 9.08. The molecule has 1 aromatic rings. The van der Waals surface area contributed by atoms with Gasteiger partial charge in [-0.15, -0.1) is 0 Å². The summed E-state index contributed by atoms with van der Waals surface area (Å²) >= 11 is 6.23. The molecule has 2 heterocycles. The Hall–Kier alpha value is -0.580. The number of nitrogens with one attached hydrogen (secondary N) is 1. The Morgan fingerprint density at radius 1 is 1.32 bits per heavy atom. The highest BCUT2D eigenvalue weighted by Gasteiger charge is 2.16. The smallest absolute Gasteiger partial charge is 0.0860 e. The van der Waals surface area contributed by atoms with E-state index < -0.39 is 0 Å². The monoisotopic (exact) mass is 284 g/mol. The summed E-state index contributed by atoms with van der Waals surface area (Å²) in [5.41, 5.74) is 2.00. The maximum absolute atomic E-state index is 6.23. The van der Waals surface area contributed by atoms with Crippen molar-refractivity contribution < 1.29 is 0 Å². The second-order valence-electron chi connectivity index (χ2n) is 5.68. The third-order valence-electron chi connectivity index (χ3n) is 4.12. The number of aryl methyl sites for hydroxylation is 2. The van der Waals surface area contributed by atoms with Gasteiger partial charge >= 0.3 is 0 Å². The Kier molecular flexibility index (Phi) is 5.25. The molecule has 1 N–H and O–H groups in total. The molecule has 0 saturated carbocycles. The van der Waals surface area contributed by atoms with Crippen LogP contribution >= 0.6 is 11.6 Å². The maximum atomic E-state index is 6.23. The van der Waals surface area contributed by atoms with Crippen LogP contribution in [0.25, 0.3) is 0 Å². The molecule has 0 radical (unpaired) electrons. The van der Waals surface area contributed by atoms with E-state index in [1.807, 2.05) is 18.7 Å². The zero-order chi connectivity index (χ0) is 13.8. The van der Waals surface area contributed by atoms with Crippen molar-refractivity contribution in [2.24, 2.45) is 13.0 Å². The summed E-state index contributed by atoms with van der Waals surface area (Å²) in [6.45, 7) is 6.32. The molecule has 1 aliphatic heterocycles. The van der Waals surface area contributed by atoms with Gasteiger partial charge in [-0.2, -0.15) is 5.10 Å². The number of hydrogen-bond donors (Lipinski definition) is 1. The fourth-order valence-electron chi connectivity index (χ4n) is 2.74. The highest BCUT2D eigenvalue weighted by Crippen LogP contribution is 2.20. The summed E-state index contributed by atoms with van der Waals surface area (Å²) in [5, 5.41) is 8.62. The largest absolute Gasteiger partial charge is 0.311 e. The molecule has 19 heavy (non-hydrogen) atoms. The topological polar surface area (TPSA) is 33.1 Å². The van der Waals surface area contributed by atoms with Crippen LogP contribution in [0.15, 0.2) is 0 Å². The van der Waals surface area contributed by atoms with Gasteiger partial charge < -0.3 is 10.2 Å². The quantitative estimate of drug-likeness (QED) is 0.842. The van der Waals surface area contributed by atoms with E-state index >= 15 is 0 Å². The third kappa shape index (κ3) is 3.94. The van der Waals surface area contributed by atoms with Crippen molar-refractivity contribution in [2.45, 2.75) is 32.7 Å². The minimum absolute atomic E-state index is 0.800. The molecular formula is C14H25ClN4. The van der Waals surface area contributed by atoms with Crippen LogP contribution in [0, 0.1) is 12.8 Å². The zero-order valence-electron chi connectivity index (χ0n) is 12.2. The van der Waals surface area contributed by atoms with Crippen molar-refractivity contribution in [2.75, 3.05) is 26.7 Å². The average Bonchev–Trinajstić information content (AvgIpc) is 2.62. The van der Waals surface area contributed by atoms with E-state index in [-0.39, 0.29) is 0 Å². The zero-order valence-corrected chi connectivity index (χ0v) is 13.0. The summed E-state index contributed by atoms with van der Waals surface area (Å²) < 4.78 is 1.88. The van der Waals surface area contributed by atoms with Crippen LogP contribution in [0.2, 0.25) is 5.02 Å². The van der Waals surface area contributed by atoms with Crippen molar-refractivity contribution in [1.29, 1.82) is 0 Å². The number of nitrogens with zero attached hydrogens (tertiary/aromatic N) is 3. The molecule has 1 aromatic heterocycles. The van der Waals surface area contributed by atoms with Crippen LogP contribution in [0.5, 0.6) is 0 Å². The second-order valence-corrected chi connectivity index (χ2v) is 6.06. The Morgan fingerprint density at radius 3 is 2.58 bits per heavy atom. The normalized spacial score (nSPS) is 18.1. The number of hydrogen-bond acceptors (Lipinski definition) is 3. The van der Waals surface area contributed by atoms with Crippen LogP contribution in [-0.4, -0.2) is 41.4 Å². The molecule has 0 amide bonds. The standard InChI is InChI=1S/C14H25ClN4/c1-11-14(15)13(19(3)17-11)10-16-7-4-12-5-8-18(2)9-6-12/h12,16H,4-10H2,1-3H3. The summed E-state index contributed by atoms with van der Waals surface area (Å²) in [6, 6.07) is 0. The van der Waals surface area contributed by atoms with E-state index in [9.17, 15) is 0 Å². The fourth-order valence-corrected chi connectivity index (χ4v) is 2.96. The highest BCUT2D eigenvalue weighted by molar-refractivity contribution is 6.31. The van der Waals surface area contributed by atoms with E-state index in [2.05, 4.69) is 22.4 Å². The molecule has 0 spiro atoms. The lowest BCUT2D eigenvalue weighted by atomic mass is 9.94. The lowest BCUT2D eigenvalue weighted by molar-refractivity contribution is 0.211. The third-order valence-corrected chi connectivity index (χ3v) is 4.61. The van der Waals surface area contributed by atoms with Crippen LogP contribution in [0.1, 0.15) is 30.7 Å². The van der Waals surface area contributed by atoms with Crippen molar-refractivity contribution in [1.82, 2.24) is 20.0 Å². The summed E-state index contributed by atoms with van der Waals surface area (Å²) in [5.74, 6) is 0.882. The van der Waals surface area contributed by atoms with Gasteiger partial charge in [0.1, 0.15) is 0 Å². The van der Waals surface area contributed by atoms with Crippen molar-refractivity contribution in [3.8, 4) is 0 Å². The molecule has 4 nitrogen and oxygen atoms in total. The van der Waals surface area contributed by atoms with E-state index in [1.165, 1.54) is 32.4 Å². The summed E-state index contributed by atoms with van der Waals surface area (Å²) in [4.78, 5) is 2.42. The molecule has 5 heteroatoms. The van der Waals surface area contributed by atoms with E-state index in [4.69, 9.17) is 11.6 Å². The molecule has 1 aliphatic rings. The fraction of sp³-hybridized carbons (Fsp3) is 0.786. The molecule has 0 atom stereocenters. The van der Waals surface area contributed by atoms with Gasteiger partial charge in [-0.05, 0) is 58.8 Å². The van der Waals surface area contributed by atoms with E-state index in [0.717, 1.165) is 35.4 Å². The van der Waals surface area contributed by atoms with Crippen LogP contribution in [0.4, 0.5) is 0 Å². The summed E-state index contributed by atoms with van der Waals surface area (Å²) in [6.07, 6.45) is 3.94. The number of piperidine rings is 1. The average molecular weight is 285 g/mol. The number of likely N-dealkylation sites (tertiary alicyclic amines) is 1. The first kappa shape index (κ1) is 14.8. The predicted octanol–water partition coefficient (Wildman–Crippen LogP) is 2.20. The molecule has 108 valence electrons. The minimum atomic E-state index is 0.800. The first-order valence-corrected chi connectivity index (χ1v) is 7.53. The van der Waals surface area contributed by atoms with E-state index in [0.29, 0.717) is 0 Å². The van der Waals surface area contributed by atoms with Gasteiger partial charge in [0.25, 0.3) is 0 Å². The Morgan fingerprint density at radius 2 is 2.00 bits per heavy atom. The molecule has 1 fully saturated rings. The Labute approximate surface area is 121 Å². The van der Waals surface area contributed by atoms with Crippen molar-refractivity contribution in [3.05, 3.63) is 16.4 Å². The Balaban J connectivity index is 1.69. The van der Waals surface area contributed by atoms with Gasteiger partial charge in [-0.3, -0.25) is 4.68 Å². The van der Waals surface area contributed by atoms with Crippen LogP contribution in [-0.2, 0) is 13.6 Å². The molecule has 2 rings (SSSR count). The van der Waals surface area contributed by atoms with Gasteiger partial charge in [0.05, 0.1) is 16.4 Å². The first-order valence-electron chi connectivity index (χ1n) is 7.15. The lowest BCUT2D eigenvalue weighted by Gasteiger charge is -2.28. The molecular weight excluding hydrogens is 260 g/mol. The van der Waals surface area contributed by atoms with Gasteiger partial charge in [0.2, 0.25) is 0 Å². The molecule has 0 bridgehead atoms. The molecule has 0 aliphatic carbocycles. The van der Waals surface area contributed by atoms with Crippen molar-refractivity contribution >= 4 is 11.6 Å². The summed E-state index contributed by atoms with van der Waals surface area (Å²) in [7, 11) is 4.16. The number of halogens is 1. The molecule has 0 unspecified atom stereocenters. The molecule has 1 saturated heterocycles. The van der Waals surface area contributed by atoms with Crippen LogP contribution in [0.3, 0.4) is 0 Å². The van der Waals surface area contributed by atoms with E-state index in [1.54, 1.807) is 0 Å². The van der Waals surface area contributed by atoms with Crippen molar-refractivity contribution in [3.63, 3.8) is 0 Å². The van der Waals surface area contributed by atoms with Gasteiger partial charge in [0, 0.05) is 13.6 Å². The number of rotatable bonds is 5. The van der Waals surface area contributed by atoms with Gasteiger partial charge in [0.15, 0.2) is 0 Å². The minimum Gasteiger partial charge on any atom is -0.311 e. The predicted molar refractivity (Wildman–Crippen MR) is 79.5 cm³/mol. The lowest BCUT2D eigenvalue weighted by Crippen LogP contribution is -2.31. The maximum Gasteiger partial charge on any atom is 0.0860 e. The SMILES string of the molecule is Cc1nn(C)c(CNCCC2CCN(C)CC2)c1Cl. The van der Waals surface area contributed by atoms with Gasteiger partial charge in [-0.1, -0.05) is 11.6 Å². The second kappa shape index (κ2) is 6.73.